The normalized spacial score (nSPS) is 11.0. The van der Waals surface area contributed by atoms with Gasteiger partial charge in [0.1, 0.15) is 11.5 Å². The zero-order valence-electron chi connectivity index (χ0n) is 17.3. The fraction of sp³-hybridized carbons (Fsp3) is 0.174. The highest BCUT2D eigenvalue weighted by Crippen LogP contribution is 2.25. The van der Waals surface area contributed by atoms with Crippen LogP contribution in [0.15, 0.2) is 82.6 Å². The van der Waals surface area contributed by atoms with Crippen molar-refractivity contribution in [3.8, 4) is 11.5 Å². The third-order valence-corrected chi connectivity index (χ3v) is 6.34. The van der Waals surface area contributed by atoms with E-state index in [-0.39, 0.29) is 26.8 Å². The van der Waals surface area contributed by atoms with Crippen LogP contribution in [0.25, 0.3) is 0 Å². The van der Waals surface area contributed by atoms with Gasteiger partial charge in [-0.25, -0.2) is 13.2 Å². The van der Waals surface area contributed by atoms with E-state index in [4.69, 9.17) is 9.47 Å². The summed E-state index contributed by atoms with van der Waals surface area (Å²) < 4.78 is 36.5. The number of hydrogen-bond acceptors (Lipinski definition) is 7. The predicted molar refractivity (Wildman–Crippen MR) is 117 cm³/mol. The number of nitrogens with zero attached hydrogens (tertiary/aromatic N) is 1. The first kappa shape index (κ1) is 23.0. The Hall–Kier alpha value is -3.72. The second-order valence-electron chi connectivity index (χ2n) is 6.84. The highest BCUT2D eigenvalue weighted by Gasteiger charge is 2.18. The Kier molecular flexibility index (Phi) is 7.21. The number of hydrogen-bond donors (Lipinski definition) is 0. The van der Waals surface area contributed by atoms with Crippen LogP contribution in [-0.2, 0) is 9.84 Å². The van der Waals surface area contributed by atoms with Gasteiger partial charge in [-0.3, -0.25) is 10.1 Å². The lowest BCUT2D eigenvalue weighted by Crippen LogP contribution is -2.09. The number of ether oxygens (including phenoxy) is 2. The molecule has 3 rings (SSSR count). The molecule has 0 saturated carbocycles. The molecular formula is C23H21NO7S. The lowest BCUT2D eigenvalue weighted by atomic mass is 10.2. The first-order chi connectivity index (χ1) is 15.3. The fourth-order valence-corrected chi connectivity index (χ4v) is 4.02. The minimum absolute atomic E-state index is 0.0484. The van der Waals surface area contributed by atoms with Crippen molar-refractivity contribution in [2.75, 3.05) is 6.61 Å². The van der Waals surface area contributed by atoms with Crippen LogP contribution in [0, 0.1) is 10.1 Å². The molecule has 0 N–H and O–H groups in total. The van der Waals surface area contributed by atoms with Gasteiger partial charge in [0.2, 0.25) is 9.84 Å². The lowest BCUT2D eigenvalue weighted by Gasteiger charge is -2.09. The summed E-state index contributed by atoms with van der Waals surface area (Å²) >= 11 is 0. The van der Waals surface area contributed by atoms with Gasteiger partial charge in [-0.1, -0.05) is 13.3 Å². The highest BCUT2D eigenvalue weighted by molar-refractivity contribution is 7.91. The Labute approximate surface area is 185 Å². The molecule has 0 spiro atoms. The van der Waals surface area contributed by atoms with Crippen molar-refractivity contribution in [3.05, 3.63) is 88.5 Å². The summed E-state index contributed by atoms with van der Waals surface area (Å²) in [6.45, 7) is 2.63. The van der Waals surface area contributed by atoms with Crippen LogP contribution in [0.2, 0.25) is 0 Å². The molecule has 0 bridgehead atoms. The minimum Gasteiger partial charge on any atom is -0.494 e. The Morgan fingerprint density at radius 1 is 0.875 bits per heavy atom. The number of carbonyl (C=O) groups is 1. The van der Waals surface area contributed by atoms with Crippen molar-refractivity contribution >= 4 is 21.5 Å². The predicted octanol–water partition coefficient (Wildman–Crippen LogP) is 4.83. The van der Waals surface area contributed by atoms with Gasteiger partial charge in [0.25, 0.3) is 5.69 Å². The zero-order chi connectivity index (χ0) is 23.1. The Bertz CT molecular complexity index is 1190. The highest BCUT2D eigenvalue weighted by atomic mass is 32.2. The van der Waals surface area contributed by atoms with E-state index in [9.17, 15) is 23.3 Å². The average molecular weight is 455 g/mol. The second kappa shape index (κ2) is 10.1. The zero-order valence-corrected chi connectivity index (χ0v) is 18.1. The van der Waals surface area contributed by atoms with E-state index >= 15 is 0 Å². The summed E-state index contributed by atoms with van der Waals surface area (Å²) in [4.78, 5) is 22.5. The van der Waals surface area contributed by atoms with Crippen LogP contribution < -0.4 is 9.47 Å². The average Bonchev–Trinajstić information content (AvgIpc) is 2.80. The molecule has 3 aromatic rings. The van der Waals surface area contributed by atoms with Gasteiger partial charge in [-0.05, 0) is 67.1 Å². The lowest BCUT2D eigenvalue weighted by molar-refractivity contribution is -0.384. The number of nitro groups is 1. The van der Waals surface area contributed by atoms with E-state index in [1.807, 2.05) is 0 Å². The third kappa shape index (κ3) is 5.50. The number of nitro benzene ring substituents is 1. The van der Waals surface area contributed by atoms with Crippen LogP contribution in [0.5, 0.6) is 11.5 Å². The monoisotopic (exact) mass is 455 g/mol. The Morgan fingerprint density at radius 2 is 1.41 bits per heavy atom. The molecule has 9 heteroatoms. The summed E-state index contributed by atoms with van der Waals surface area (Å²) in [5.41, 5.74) is -0.00907. The number of unbranched alkanes of at least 4 members (excludes halogenated alkanes) is 1. The van der Waals surface area contributed by atoms with Crippen LogP contribution in [-0.4, -0.2) is 25.9 Å². The molecule has 0 aliphatic carbocycles. The summed E-state index contributed by atoms with van der Waals surface area (Å²) in [5.74, 6) is 0.0343. The SMILES string of the molecule is CCCCOc1ccc(S(=O)(=O)c2ccc(OC(=O)c3ccc([N+](=O)[O-])cc3)cc2)cc1. The molecule has 32 heavy (non-hydrogen) atoms. The summed E-state index contributed by atoms with van der Waals surface area (Å²) in [6.07, 6.45) is 1.92. The molecular weight excluding hydrogens is 434 g/mol. The molecule has 166 valence electrons. The van der Waals surface area contributed by atoms with Crippen LogP contribution >= 0.6 is 0 Å². The molecule has 0 aliphatic heterocycles. The number of rotatable bonds is 9. The number of carbonyl (C=O) groups excluding carboxylic acids is 1. The molecule has 3 aromatic carbocycles. The van der Waals surface area contributed by atoms with Gasteiger partial charge >= 0.3 is 5.97 Å². The van der Waals surface area contributed by atoms with Crippen molar-refractivity contribution in [3.63, 3.8) is 0 Å². The van der Waals surface area contributed by atoms with Gasteiger partial charge in [0.05, 0.1) is 26.9 Å². The largest absolute Gasteiger partial charge is 0.494 e. The molecule has 0 unspecified atom stereocenters. The molecule has 0 heterocycles. The van der Waals surface area contributed by atoms with E-state index in [0.717, 1.165) is 12.8 Å². The van der Waals surface area contributed by atoms with E-state index in [0.29, 0.717) is 12.4 Å². The van der Waals surface area contributed by atoms with E-state index in [1.165, 1.54) is 60.7 Å². The first-order valence-corrected chi connectivity index (χ1v) is 11.3. The van der Waals surface area contributed by atoms with Crippen molar-refractivity contribution in [2.45, 2.75) is 29.6 Å². The standard InChI is InChI=1S/C23H21NO7S/c1-2-3-16-30-19-8-12-21(13-9-19)32(28,29)22-14-10-20(11-15-22)31-23(25)17-4-6-18(7-5-17)24(26)27/h4-15H,2-3,16H2,1H3. The van der Waals surface area contributed by atoms with Crippen molar-refractivity contribution < 1.29 is 27.6 Å². The molecule has 0 fully saturated rings. The molecule has 0 aliphatic rings. The summed E-state index contributed by atoms with van der Waals surface area (Å²) in [7, 11) is -3.75. The first-order valence-electron chi connectivity index (χ1n) is 9.86. The molecule has 0 atom stereocenters. The minimum atomic E-state index is -3.75. The van der Waals surface area contributed by atoms with E-state index in [2.05, 4.69) is 6.92 Å². The Morgan fingerprint density at radius 3 is 1.91 bits per heavy atom. The number of benzene rings is 3. The molecule has 0 aromatic heterocycles. The molecule has 8 nitrogen and oxygen atoms in total. The fourth-order valence-electron chi connectivity index (χ4n) is 2.76. The van der Waals surface area contributed by atoms with Gasteiger partial charge in [0, 0.05) is 12.1 Å². The van der Waals surface area contributed by atoms with E-state index < -0.39 is 20.7 Å². The maximum absolute atomic E-state index is 12.8. The smallest absolute Gasteiger partial charge is 0.343 e. The van der Waals surface area contributed by atoms with Crippen LogP contribution in [0.3, 0.4) is 0 Å². The molecule has 0 amide bonds. The van der Waals surface area contributed by atoms with Gasteiger partial charge in [-0.2, -0.15) is 0 Å². The number of esters is 1. The number of sulfone groups is 1. The van der Waals surface area contributed by atoms with Gasteiger partial charge in [-0.15, -0.1) is 0 Å². The topological polar surface area (TPSA) is 113 Å². The van der Waals surface area contributed by atoms with Crippen LogP contribution in [0.1, 0.15) is 30.1 Å². The van der Waals surface area contributed by atoms with Gasteiger partial charge < -0.3 is 9.47 Å². The summed E-state index contributed by atoms with van der Waals surface area (Å²) in [5, 5.41) is 10.7. The van der Waals surface area contributed by atoms with Crippen LogP contribution in [0.4, 0.5) is 5.69 Å². The molecule has 0 saturated heterocycles. The third-order valence-electron chi connectivity index (χ3n) is 4.56. The quantitative estimate of drug-likeness (QED) is 0.149. The van der Waals surface area contributed by atoms with Crippen molar-refractivity contribution in [2.24, 2.45) is 0 Å². The second-order valence-corrected chi connectivity index (χ2v) is 8.79. The van der Waals surface area contributed by atoms with Crippen molar-refractivity contribution in [1.29, 1.82) is 0 Å². The van der Waals surface area contributed by atoms with Crippen molar-refractivity contribution in [1.82, 2.24) is 0 Å². The maximum atomic E-state index is 12.8. The number of non-ortho nitro benzene ring substituents is 1. The van der Waals surface area contributed by atoms with Gasteiger partial charge in [0.15, 0.2) is 0 Å². The maximum Gasteiger partial charge on any atom is 0.343 e. The summed E-state index contributed by atoms with van der Waals surface area (Å²) in [6, 6.07) is 16.6. The van der Waals surface area contributed by atoms with E-state index in [1.54, 1.807) is 12.1 Å². The Balaban J connectivity index is 1.68. The molecule has 0 radical (unpaired) electrons.